The number of anilines is 1. The predicted octanol–water partition coefficient (Wildman–Crippen LogP) is -0.973. The standard InChI is InChI=1S/C12H15N5O7S2/c13-11-15-7(5-25-11)9(18)3-14-10(19)8-2-1-6-4-16(8)12(20)17(6)24-26(21,22)23/h5-6,8H,1-4H2,(H2,13,15)(H,14,19)(H,21,22,23)/t6-,8+/m1/s1. The van der Waals surface area contributed by atoms with E-state index in [9.17, 15) is 22.8 Å². The molecule has 3 amide bonds. The van der Waals surface area contributed by atoms with Gasteiger partial charge in [-0.2, -0.15) is 13.5 Å². The van der Waals surface area contributed by atoms with Gasteiger partial charge in [-0.25, -0.2) is 9.78 Å². The van der Waals surface area contributed by atoms with E-state index in [1.807, 2.05) is 0 Å². The van der Waals surface area contributed by atoms with Gasteiger partial charge in [0, 0.05) is 11.9 Å². The van der Waals surface area contributed by atoms with Gasteiger partial charge in [0.25, 0.3) is 0 Å². The lowest BCUT2D eigenvalue weighted by atomic mass is 10.0. The third-order valence-corrected chi connectivity index (χ3v) is 5.05. The molecule has 14 heteroatoms. The number of nitrogens with zero attached hydrogens (tertiary/aromatic N) is 3. The number of nitrogen functional groups attached to an aromatic ring is 1. The minimum Gasteiger partial charge on any atom is -0.375 e. The monoisotopic (exact) mass is 405 g/mol. The second-order valence-electron chi connectivity index (χ2n) is 5.72. The number of hydrogen-bond donors (Lipinski definition) is 3. The van der Waals surface area contributed by atoms with Crippen LogP contribution in [0.25, 0.3) is 0 Å². The summed E-state index contributed by atoms with van der Waals surface area (Å²) in [5.74, 6) is -0.980. The number of hydrogen-bond acceptors (Lipinski definition) is 9. The van der Waals surface area contributed by atoms with Crippen LogP contribution in [-0.2, 0) is 19.5 Å². The van der Waals surface area contributed by atoms with E-state index in [1.54, 1.807) is 0 Å². The van der Waals surface area contributed by atoms with Crippen molar-refractivity contribution in [1.29, 1.82) is 0 Å². The average Bonchev–Trinajstić information content (AvgIpc) is 3.09. The molecule has 0 unspecified atom stereocenters. The van der Waals surface area contributed by atoms with Gasteiger partial charge in [0.2, 0.25) is 11.7 Å². The molecule has 0 saturated carbocycles. The summed E-state index contributed by atoms with van der Waals surface area (Å²) in [5, 5.41) is 4.70. The number of carbonyl (C=O) groups is 3. The van der Waals surface area contributed by atoms with Crippen LogP contribution in [0.1, 0.15) is 23.3 Å². The SMILES string of the molecule is Nc1nc(C(=O)CNC(=O)[C@@H]2CC[C@@H]3CN2C(=O)N3OS(=O)(=O)O)cs1. The van der Waals surface area contributed by atoms with Crippen molar-refractivity contribution in [1.82, 2.24) is 20.3 Å². The highest BCUT2D eigenvalue weighted by molar-refractivity contribution is 7.80. The Kier molecular flexibility index (Phi) is 4.83. The first-order chi connectivity index (χ1) is 12.2. The minimum absolute atomic E-state index is 0.0724. The lowest BCUT2D eigenvalue weighted by Gasteiger charge is -2.29. The van der Waals surface area contributed by atoms with Gasteiger partial charge in [0.05, 0.1) is 12.6 Å². The molecule has 2 bridgehead atoms. The van der Waals surface area contributed by atoms with Crippen LogP contribution in [0.15, 0.2) is 5.38 Å². The molecule has 142 valence electrons. The minimum atomic E-state index is -4.85. The number of urea groups is 1. The van der Waals surface area contributed by atoms with E-state index < -0.39 is 40.2 Å². The number of aromatic nitrogens is 1. The zero-order valence-electron chi connectivity index (χ0n) is 13.2. The zero-order chi connectivity index (χ0) is 19.1. The fourth-order valence-corrected chi connectivity index (χ4v) is 3.85. The van der Waals surface area contributed by atoms with Gasteiger partial charge in [-0.15, -0.1) is 15.6 Å². The third-order valence-electron chi connectivity index (χ3n) is 4.03. The summed E-state index contributed by atoms with van der Waals surface area (Å²) in [7, 11) is -4.85. The quantitative estimate of drug-likeness (QED) is 0.397. The fraction of sp³-hybridized carbons (Fsp3) is 0.500. The van der Waals surface area contributed by atoms with Crippen LogP contribution in [0.5, 0.6) is 0 Å². The van der Waals surface area contributed by atoms with Crippen LogP contribution in [0.3, 0.4) is 0 Å². The first-order valence-electron chi connectivity index (χ1n) is 7.44. The summed E-state index contributed by atoms with van der Waals surface area (Å²) >= 11 is 1.10. The molecule has 0 aromatic carbocycles. The van der Waals surface area contributed by atoms with E-state index in [-0.39, 0.29) is 30.3 Å². The number of rotatable bonds is 6. The van der Waals surface area contributed by atoms with Gasteiger partial charge in [0.1, 0.15) is 11.7 Å². The van der Waals surface area contributed by atoms with Gasteiger partial charge in [0.15, 0.2) is 5.13 Å². The Morgan fingerprint density at radius 3 is 2.81 bits per heavy atom. The van der Waals surface area contributed by atoms with Crippen molar-refractivity contribution in [2.24, 2.45) is 0 Å². The number of piperidine rings is 1. The molecule has 0 spiro atoms. The van der Waals surface area contributed by atoms with Crippen LogP contribution in [0, 0.1) is 0 Å². The molecule has 3 rings (SSSR count). The van der Waals surface area contributed by atoms with Crippen LogP contribution < -0.4 is 11.1 Å². The van der Waals surface area contributed by atoms with E-state index in [2.05, 4.69) is 14.6 Å². The Labute approximate surface area is 151 Å². The van der Waals surface area contributed by atoms with Crippen molar-refractivity contribution in [3.63, 3.8) is 0 Å². The van der Waals surface area contributed by atoms with Crippen molar-refractivity contribution in [2.75, 3.05) is 18.8 Å². The largest absolute Gasteiger partial charge is 0.418 e. The normalized spacial score (nSPS) is 22.6. The van der Waals surface area contributed by atoms with E-state index in [0.717, 1.165) is 16.2 Å². The summed E-state index contributed by atoms with van der Waals surface area (Å²) in [5.41, 5.74) is 5.59. The molecule has 12 nitrogen and oxygen atoms in total. The molecule has 2 aliphatic rings. The molecule has 2 atom stereocenters. The second kappa shape index (κ2) is 6.79. The number of thiazole rings is 1. The molecule has 2 saturated heterocycles. The van der Waals surface area contributed by atoms with Crippen LogP contribution >= 0.6 is 11.3 Å². The molecule has 1 aromatic heterocycles. The van der Waals surface area contributed by atoms with Crippen LogP contribution in [0.4, 0.5) is 9.93 Å². The lowest BCUT2D eigenvalue weighted by molar-refractivity contribution is -0.125. The third kappa shape index (κ3) is 3.77. The number of nitrogens with one attached hydrogen (secondary N) is 1. The highest BCUT2D eigenvalue weighted by Crippen LogP contribution is 2.30. The summed E-state index contributed by atoms with van der Waals surface area (Å²) in [4.78, 5) is 41.5. The molecule has 1 aromatic rings. The smallest absolute Gasteiger partial charge is 0.375 e. The van der Waals surface area contributed by atoms with Crippen molar-refractivity contribution < 1.29 is 31.6 Å². The van der Waals surface area contributed by atoms with E-state index in [0.29, 0.717) is 11.5 Å². The van der Waals surface area contributed by atoms with Crippen molar-refractivity contribution in [3.05, 3.63) is 11.1 Å². The number of Topliss-reactive ketones (excluding diaryl/α,β-unsaturated/α-hetero) is 1. The zero-order valence-corrected chi connectivity index (χ0v) is 14.8. The predicted molar refractivity (Wildman–Crippen MR) is 87.3 cm³/mol. The van der Waals surface area contributed by atoms with Gasteiger partial charge in [-0.3, -0.25) is 14.1 Å². The first-order valence-corrected chi connectivity index (χ1v) is 9.69. The molecular formula is C12H15N5O7S2. The molecule has 2 fully saturated rings. The Balaban J connectivity index is 1.61. The molecule has 0 aliphatic carbocycles. The van der Waals surface area contributed by atoms with Gasteiger partial charge < -0.3 is 16.0 Å². The number of nitrogens with two attached hydrogens (primary N) is 1. The molecule has 4 N–H and O–H groups in total. The summed E-state index contributed by atoms with van der Waals surface area (Å²) in [6, 6.07) is -2.31. The fourth-order valence-electron chi connectivity index (χ4n) is 2.90. The summed E-state index contributed by atoms with van der Waals surface area (Å²) in [6.07, 6.45) is 0.553. The maximum absolute atomic E-state index is 12.3. The first kappa shape index (κ1) is 18.5. The number of fused-ring (bicyclic) bond motifs is 2. The number of ketones is 1. The number of hydroxylamine groups is 2. The molecular weight excluding hydrogens is 390 g/mol. The molecule has 0 radical (unpaired) electrons. The second-order valence-corrected chi connectivity index (χ2v) is 7.62. The van der Waals surface area contributed by atoms with Crippen molar-refractivity contribution in [3.8, 4) is 0 Å². The maximum atomic E-state index is 12.3. The highest BCUT2D eigenvalue weighted by atomic mass is 32.3. The summed E-state index contributed by atoms with van der Waals surface area (Å²) in [6.45, 7) is -0.238. The number of amides is 3. The van der Waals surface area contributed by atoms with Gasteiger partial charge in [-0.1, -0.05) is 0 Å². The van der Waals surface area contributed by atoms with E-state index in [1.165, 1.54) is 5.38 Å². The van der Waals surface area contributed by atoms with E-state index >= 15 is 0 Å². The van der Waals surface area contributed by atoms with Gasteiger partial charge >= 0.3 is 16.4 Å². The topological polar surface area (TPSA) is 172 Å². The highest BCUT2D eigenvalue weighted by Gasteiger charge is 2.49. The van der Waals surface area contributed by atoms with Crippen molar-refractivity contribution >= 4 is 44.6 Å². The van der Waals surface area contributed by atoms with Crippen molar-refractivity contribution in [2.45, 2.75) is 24.9 Å². The molecule has 26 heavy (non-hydrogen) atoms. The van der Waals surface area contributed by atoms with Gasteiger partial charge in [-0.05, 0) is 12.8 Å². The maximum Gasteiger partial charge on any atom is 0.418 e. The Morgan fingerprint density at radius 1 is 1.46 bits per heavy atom. The number of carbonyl (C=O) groups excluding carboxylic acids is 3. The van der Waals surface area contributed by atoms with E-state index in [4.69, 9.17) is 10.3 Å². The molecule has 2 aliphatic heterocycles. The Hall–Kier alpha value is -2.29. The summed E-state index contributed by atoms with van der Waals surface area (Å²) < 4.78 is 34.7. The lowest BCUT2D eigenvalue weighted by Crippen LogP contribution is -2.50. The van der Waals surface area contributed by atoms with Crippen LogP contribution in [0.2, 0.25) is 0 Å². The van der Waals surface area contributed by atoms with Crippen LogP contribution in [-0.4, -0.2) is 70.8 Å². The average molecular weight is 405 g/mol. The molecule has 3 heterocycles. The Bertz CT molecular complexity index is 854. The Morgan fingerprint density at radius 2 is 2.19 bits per heavy atom.